The lowest BCUT2D eigenvalue weighted by atomic mass is 9.62. The molecule has 31 heavy (non-hydrogen) atoms. The number of fused-ring (bicyclic) bond motifs is 1. The Kier molecular flexibility index (Phi) is 6.25. The van der Waals surface area contributed by atoms with E-state index >= 15 is 0 Å². The lowest BCUT2D eigenvalue weighted by molar-refractivity contribution is -0.127. The molecule has 2 bridgehead atoms. The van der Waals surface area contributed by atoms with Gasteiger partial charge >= 0.3 is 0 Å². The van der Waals surface area contributed by atoms with Gasteiger partial charge in [-0.05, 0) is 74.3 Å². The Balaban J connectivity index is 1.69. The Labute approximate surface area is 187 Å². The van der Waals surface area contributed by atoms with Crippen molar-refractivity contribution in [1.82, 2.24) is 4.90 Å². The highest BCUT2D eigenvalue weighted by Gasteiger charge is 2.49. The molecule has 0 spiro atoms. The fourth-order valence-electron chi connectivity index (χ4n) is 6.15. The van der Waals surface area contributed by atoms with Crippen molar-refractivity contribution in [3.8, 4) is 0 Å². The van der Waals surface area contributed by atoms with Gasteiger partial charge in [-0.1, -0.05) is 68.0 Å². The fraction of sp³-hybridized carbons (Fsp3) is 0.536. The van der Waals surface area contributed by atoms with Crippen LogP contribution in [0, 0.1) is 11.3 Å². The molecule has 0 saturated heterocycles. The van der Waals surface area contributed by atoms with E-state index in [-0.39, 0.29) is 17.4 Å². The van der Waals surface area contributed by atoms with Crippen molar-refractivity contribution in [3.05, 3.63) is 70.8 Å². The van der Waals surface area contributed by atoms with Crippen LogP contribution in [0.5, 0.6) is 0 Å². The molecule has 1 aromatic carbocycles. The first-order valence-electron chi connectivity index (χ1n) is 11.9. The molecule has 0 fully saturated rings. The molecule has 1 heterocycles. The first-order chi connectivity index (χ1) is 14.8. The Hall–Kier alpha value is -2.13. The summed E-state index contributed by atoms with van der Waals surface area (Å²) in [5.41, 5.74) is 6.02. The molecule has 2 aliphatic carbocycles. The highest BCUT2D eigenvalue weighted by molar-refractivity contribution is 5.98. The van der Waals surface area contributed by atoms with Gasteiger partial charge in [0.05, 0.1) is 12.1 Å². The Morgan fingerprint density at radius 2 is 1.84 bits per heavy atom. The van der Waals surface area contributed by atoms with Crippen LogP contribution in [0.2, 0.25) is 0 Å². The van der Waals surface area contributed by atoms with Gasteiger partial charge in [0.1, 0.15) is 0 Å². The third-order valence-corrected chi connectivity index (χ3v) is 7.83. The van der Waals surface area contributed by atoms with Gasteiger partial charge in [0, 0.05) is 12.1 Å². The topological polar surface area (TPSA) is 40.5 Å². The standard InChI is InChI=1S/C28H37NO2/c1-19-10-11-22-12-13-24-26(28(22,3)4)25(18-20(2)17-23(30)16-19)29(27(24)31)15-14-21-8-6-5-7-9-21/h5-9,17,22-23,25,30H,1,10-16,18H2,2-4H3/b20-17+/t22-,23+,25-/m0/s1. The highest BCUT2D eigenvalue weighted by Crippen LogP contribution is 2.53. The second-order valence-electron chi connectivity index (χ2n) is 10.4. The summed E-state index contributed by atoms with van der Waals surface area (Å²) in [6.45, 7) is 11.8. The summed E-state index contributed by atoms with van der Waals surface area (Å²) in [7, 11) is 0. The molecule has 166 valence electrons. The Morgan fingerprint density at radius 1 is 1.13 bits per heavy atom. The number of carbonyl (C=O) groups is 1. The second kappa shape index (κ2) is 8.78. The van der Waals surface area contributed by atoms with Gasteiger partial charge in [-0.2, -0.15) is 0 Å². The summed E-state index contributed by atoms with van der Waals surface area (Å²) >= 11 is 0. The minimum atomic E-state index is -0.483. The van der Waals surface area contributed by atoms with Gasteiger partial charge in [-0.15, -0.1) is 0 Å². The molecule has 3 atom stereocenters. The average Bonchev–Trinajstić information content (AvgIpc) is 2.97. The minimum Gasteiger partial charge on any atom is -0.389 e. The van der Waals surface area contributed by atoms with Gasteiger partial charge in [0.25, 0.3) is 0 Å². The molecule has 1 aliphatic heterocycles. The summed E-state index contributed by atoms with van der Waals surface area (Å²) in [6, 6.07) is 10.6. The zero-order valence-corrected chi connectivity index (χ0v) is 19.4. The van der Waals surface area contributed by atoms with E-state index < -0.39 is 6.10 Å². The van der Waals surface area contributed by atoms with Crippen LogP contribution in [0.1, 0.15) is 64.9 Å². The van der Waals surface area contributed by atoms with E-state index in [2.05, 4.69) is 56.5 Å². The van der Waals surface area contributed by atoms with Crippen LogP contribution < -0.4 is 0 Å². The molecule has 0 aromatic heterocycles. The number of nitrogens with zero attached hydrogens (tertiary/aromatic N) is 1. The van der Waals surface area contributed by atoms with E-state index in [0.717, 1.165) is 61.8 Å². The van der Waals surface area contributed by atoms with Crippen LogP contribution in [0.4, 0.5) is 0 Å². The van der Waals surface area contributed by atoms with Crippen molar-refractivity contribution in [1.29, 1.82) is 0 Å². The molecule has 0 radical (unpaired) electrons. The lowest BCUT2D eigenvalue weighted by Crippen LogP contribution is -2.41. The van der Waals surface area contributed by atoms with Gasteiger partial charge < -0.3 is 10.0 Å². The van der Waals surface area contributed by atoms with Gasteiger partial charge in [-0.25, -0.2) is 0 Å². The summed E-state index contributed by atoms with van der Waals surface area (Å²) in [6.07, 6.45) is 7.83. The van der Waals surface area contributed by atoms with E-state index in [1.54, 1.807) is 0 Å². The summed E-state index contributed by atoms with van der Waals surface area (Å²) < 4.78 is 0. The fourth-order valence-corrected chi connectivity index (χ4v) is 6.15. The number of aliphatic hydroxyl groups is 1. The van der Waals surface area contributed by atoms with E-state index in [0.29, 0.717) is 12.3 Å². The monoisotopic (exact) mass is 419 g/mol. The summed E-state index contributed by atoms with van der Waals surface area (Å²) in [4.78, 5) is 15.7. The molecule has 3 aliphatic rings. The van der Waals surface area contributed by atoms with E-state index in [4.69, 9.17) is 0 Å². The summed E-state index contributed by atoms with van der Waals surface area (Å²) in [5.74, 6) is 0.795. The number of aliphatic hydroxyl groups excluding tert-OH is 1. The van der Waals surface area contributed by atoms with Gasteiger partial charge in [0.2, 0.25) is 5.91 Å². The zero-order valence-electron chi connectivity index (χ0n) is 19.4. The number of amides is 1. The third-order valence-electron chi connectivity index (χ3n) is 7.83. The van der Waals surface area contributed by atoms with Crippen molar-refractivity contribution >= 4 is 5.91 Å². The zero-order chi connectivity index (χ0) is 22.2. The SMILES string of the molecule is C=C1CC[C@H]2CCC3=C([C@H](C/C(C)=C/[C@H](O)C1)N(CCc1ccccc1)C3=O)C2(C)C. The largest absolute Gasteiger partial charge is 0.389 e. The average molecular weight is 420 g/mol. The molecular weight excluding hydrogens is 382 g/mol. The smallest absolute Gasteiger partial charge is 0.250 e. The maximum absolute atomic E-state index is 13.6. The van der Waals surface area contributed by atoms with Crippen molar-refractivity contribution in [2.45, 2.75) is 77.9 Å². The van der Waals surface area contributed by atoms with Crippen LogP contribution >= 0.6 is 0 Å². The van der Waals surface area contributed by atoms with Gasteiger partial charge in [-0.3, -0.25) is 4.79 Å². The van der Waals surface area contributed by atoms with Crippen LogP contribution in [-0.4, -0.2) is 34.6 Å². The quantitative estimate of drug-likeness (QED) is 0.647. The third kappa shape index (κ3) is 4.43. The Bertz CT molecular complexity index is 908. The van der Waals surface area contributed by atoms with Crippen molar-refractivity contribution in [2.24, 2.45) is 11.3 Å². The van der Waals surface area contributed by atoms with Crippen molar-refractivity contribution in [2.75, 3.05) is 6.54 Å². The number of hydrogen-bond acceptors (Lipinski definition) is 2. The first kappa shape index (κ1) is 22.1. The predicted octanol–water partition coefficient (Wildman–Crippen LogP) is 5.61. The van der Waals surface area contributed by atoms with Crippen LogP contribution in [0.15, 0.2) is 65.3 Å². The van der Waals surface area contributed by atoms with Crippen LogP contribution in [0.25, 0.3) is 0 Å². The minimum absolute atomic E-state index is 0.00772. The van der Waals surface area contributed by atoms with Crippen LogP contribution in [0.3, 0.4) is 0 Å². The predicted molar refractivity (Wildman–Crippen MR) is 127 cm³/mol. The molecule has 0 saturated carbocycles. The Morgan fingerprint density at radius 3 is 2.58 bits per heavy atom. The maximum atomic E-state index is 13.6. The molecule has 1 N–H and O–H groups in total. The number of hydrogen-bond donors (Lipinski definition) is 1. The number of carbonyl (C=O) groups excluding carboxylic acids is 1. The molecular formula is C28H37NO2. The van der Waals surface area contributed by atoms with E-state index in [1.165, 1.54) is 11.1 Å². The summed E-state index contributed by atoms with van der Waals surface area (Å²) in [5, 5.41) is 10.5. The lowest BCUT2D eigenvalue weighted by Gasteiger charge is -2.43. The molecule has 1 aromatic rings. The van der Waals surface area contributed by atoms with E-state index in [1.807, 2.05) is 12.1 Å². The molecule has 3 heteroatoms. The second-order valence-corrected chi connectivity index (χ2v) is 10.4. The molecule has 3 nitrogen and oxygen atoms in total. The number of benzene rings is 1. The molecule has 1 amide bonds. The molecule has 0 unspecified atom stereocenters. The highest BCUT2D eigenvalue weighted by atomic mass is 16.3. The normalized spacial score (nSPS) is 30.5. The van der Waals surface area contributed by atoms with Crippen LogP contribution in [-0.2, 0) is 11.2 Å². The van der Waals surface area contributed by atoms with E-state index in [9.17, 15) is 9.90 Å². The van der Waals surface area contributed by atoms with Crippen molar-refractivity contribution < 1.29 is 9.90 Å². The molecule has 4 rings (SSSR count). The maximum Gasteiger partial charge on any atom is 0.250 e. The first-order valence-corrected chi connectivity index (χ1v) is 11.9. The van der Waals surface area contributed by atoms with Gasteiger partial charge in [0.15, 0.2) is 0 Å². The number of rotatable bonds is 3. The van der Waals surface area contributed by atoms with Crippen molar-refractivity contribution in [3.63, 3.8) is 0 Å².